The van der Waals surface area contributed by atoms with E-state index in [1.807, 2.05) is 0 Å². The molecule has 0 spiro atoms. The van der Waals surface area contributed by atoms with Gasteiger partial charge in [-0.15, -0.1) is 13.2 Å². The summed E-state index contributed by atoms with van der Waals surface area (Å²) in [5.41, 5.74) is -1.91. The Balaban J connectivity index is 2.28. The van der Waals surface area contributed by atoms with Crippen LogP contribution in [0.15, 0.2) is 27.9 Å². The van der Waals surface area contributed by atoms with Gasteiger partial charge in [0.15, 0.2) is 11.5 Å². The molecule has 0 aliphatic carbocycles. The molecule has 0 aliphatic rings. The van der Waals surface area contributed by atoms with Crippen molar-refractivity contribution in [2.24, 2.45) is 0 Å². The minimum Gasteiger partial charge on any atom is -0.604 e. The van der Waals surface area contributed by atoms with Crippen molar-refractivity contribution >= 4 is 40.2 Å². The molecular formula is C13H5Cl2F6N5O2S. The number of nitrogen functional groups attached to an aromatic ring is 1. The van der Waals surface area contributed by atoms with Crippen molar-refractivity contribution in [1.29, 1.82) is 0 Å². The first-order valence-electron chi connectivity index (χ1n) is 7.02. The molecular weight excluding hydrogens is 475 g/mol. The topological polar surface area (TPSA) is 106 Å². The van der Waals surface area contributed by atoms with E-state index >= 15 is 0 Å². The van der Waals surface area contributed by atoms with Gasteiger partial charge in [-0.25, -0.2) is 4.68 Å². The molecule has 0 aliphatic heterocycles. The maximum Gasteiger partial charge on any atom is 0.578 e. The molecule has 1 unspecified atom stereocenters. The summed E-state index contributed by atoms with van der Waals surface area (Å²) in [6.45, 7) is 0. The Hall–Kier alpha value is -2.16. The van der Waals surface area contributed by atoms with Gasteiger partial charge < -0.3 is 14.8 Å². The van der Waals surface area contributed by atoms with E-state index in [9.17, 15) is 30.9 Å². The van der Waals surface area contributed by atoms with Crippen LogP contribution < -0.4 is 5.73 Å². The van der Waals surface area contributed by atoms with Crippen molar-refractivity contribution in [3.05, 3.63) is 34.1 Å². The molecule has 2 N–H and O–H groups in total. The van der Waals surface area contributed by atoms with Gasteiger partial charge in [0.1, 0.15) is 16.9 Å². The number of rotatable bonds is 3. The number of anilines is 1. The average Bonchev–Trinajstić information content (AvgIpc) is 3.20. The Labute approximate surface area is 169 Å². The molecule has 0 saturated heterocycles. The Morgan fingerprint density at radius 1 is 1.10 bits per heavy atom. The third kappa shape index (κ3) is 3.97. The molecule has 1 atom stereocenters. The highest BCUT2D eigenvalue weighted by atomic mass is 35.5. The lowest BCUT2D eigenvalue weighted by Gasteiger charge is -2.14. The fraction of sp³-hybridized carbons (Fsp3) is 0.154. The van der Waals surface area contributed by atoms with E-state index in [1.165, 1.54) is 0 Å². The van der Waals surface area contributed by atoms with Gasteiger partial charge in [-0.3, -0.25) is 0 Å². The molecule has 3 rings (SSSR count). The maximum absolute atomic E-state index is 13.1. The van der Waals surface area contributed by atoms with Crippen LogP contribution in [0.1, 0.15) is 5.56 Å². The summed E-state index contributed by atoms with van der Waals surface area (Å²) in [6.07, 6.45) is -4.02. The minimum atomic E-state index is -5.24. The molecule has 0 radical (unpaired) electrons. The fourth-order valence-electron chi connectivity index (χ4n) is 2.24. The van der Waals surface area contributed by atoms with Crippen molar-refractivity contribution in [3.63, 3.8) is 0 Å². The van der Waals surface area contributed by atoms with Gasteiger partial charge >= 0.3 is 11.7 Å². The number of hydrogen-bond acceptors (Lipinski definition) is 6. The quantitative estimate of drug-likeness (QED) is 0.439. The molecule has 2 heterocycles. The second-order valence-corrected chi connectivity index (χ2v) is 7.45. The van der Waals surface area contributed by atoms with E-state index in [2.05, 4.69) is 19.8 Å². The summed E-state index contributed by atoms with van der Waals surface area (Å²) in [6, 6.07) is 0.969. The summed E-state index contributed by atoms with van der Waals surface area (Å²) in [7, 11) is 0. The van der Waals surface area contributed by atoms with Crippen LogP contribution in [0.5, 0.6) is 0 Å². The van der Waals surface area contributed by atoms with E-state index in [1.54, 1.807) is 0 Å². The van der Waals surface area contributed by atoms with Crippen molar-refractivity contribution in [3.8, 4) is 17.2 Å². The minimum absolute atomic E-state index is 0.464. The van der Waals surface area contributed by atoms with E-state index in [-0.39, 0.29) is 0 Å². The van der Waals surface area contributed by atoms with Crippen LogP contribution in [0.4, 0.5) is 32.2 Å². The molecule has 2 aromatic heterocycles. The van der Waals surface area contributed by atoms with Gasteiger partial charge in [-0.1, -0.05) is 28.4 Å². The number of halogens is 8. The fourth-order valence-corrected chi connectivity index (χ4v) is 3.70. The molecule has 0 amide bonds. The lowest BCUT2D eigenvalue weighted by Crippen LogP contribution is -2.24. The second kappa shape index (κ2) is 7.27. The Morgan fingerprint density at radius 2 is 1.69 bits per heavy atom. The molecule has 1 aromatic carbocycles. The molecule has 3 aromatic rings. The van der Waals surface area contributed by atoms with Gasteiger partial charge in [-0.05, 0) is 12.1 Å². The summed E-state index contributed by atoms with van der Waals surface area (Å²) in [5.74, 6) is -1.34. The largest absolute Gasteiger partial charge is 0.604 e. The number of nitrogens with two attached hydrogens (primary N) is 1. The lowest BCUT2D eigenvalue weighted by atomic mass is 10.2. The Kier molecular flexibility index (Phi) is 5.40. The Bertz CT molecular complexity index is 1030. The molecule has 156 valence electrons. The number of benzene rings is 1. The smallest absolute Gasteiger partial charge is 0.578 e. The van der Waals surface area contributed by atoms with Crippen molar-refractivity contribution in [2.75, 3.05) is 5.73 Å². The average molecular weight is 480 g/mol. The standard InChI is InChI=1S/C13H5Cl2F6N5O2S/c14-5-1-4(12(16,17)18)2-6(15)8(5)26-10(22)9(29(27)13(19,20)21)7(24-26)11-23-3-28-25-11/h1-3H,22H2. The summed E-state index contributed by atoms with van der Waals surface area (Å²) in [5, 5.41) is 5.81. The van der Waals surface area contributed by atoms with E-state index in [0.717, 1.165) is 6.39 Å². The highest BCUT2D eigenvalue weighted by Gasteiger charge is 2.50. The third-order valence-corrected chi connectivity index (χ3v) is 5.17. The lowest BCUT2D eigenvalue weighted by molar-refractivity contribution is -0.137. The number of nitrogens with zero attached hydrogens (tertiary/aromatic N) is 4. The van der Waals surface area contributed by atoms with Crippen LogP contribution >= 0.6 is 23.2 Å². The molecule has 0 fully saturated rings. The molecule has 29 heavy (non-hydrogen) atoms. The summed E-state index contributed by atoms with van der Waals surface area (Å²) in [4.78, 5) is 2.49. The maximum atomic E-state index is 13.1. The third-order valence-electron chi connectivity index (χ3n) is 3.40. The molecule has 0 saturated carbocycles. The zero-order valence-corrected chi connectivity index (χ0v) is 15.7. The summed E-state index contributed by atoms with van der Waals surface area (Å²) < 4.78 is 94.8. The van der Waals surface area contributed by atoms with Crippen LogP contribution in [0.25, 0.3) is 17.2 Å². The van der Waals surface area contributed by atoms with E-state index in [4.69, 9.17) is 28.9 Å². The normalized spacial score (nSPS) is 13.7. The van der Waals surface area contributed by atoms with E-state index < -0.39 is 66.4 Å². The van der Waals surface area contributed by atoms with Crippen LogP contribution in [0.3, 0.4) is 0 Å². The number of aromatic nitrogens is 4. The van der Waals surface area contributed by atoms with Crippen molar-refractivity contribution in [1.82, 2.24) is 19.9 Å². The van der Waals surface area contributed by atoms with Gasteiger partial charge in [-0.2, -0.15) is 23.3 Å². The van der Waals surface area contributed by atoms with Crippen molar-refractivity contribution in [2.45, 2.75) is 16.6 Å². The predicted molar refractivity (Wildman–Crippen MR) is 88.8 cm³/mol. The first-order valence-corrected chi connectivity index (χ1v) is 8.93. The highest BCUT2D eigenvalue weighted by Crippen LogP contribution is 2.42. The van der Waals surface area contributed by atoms with Crippen LogP contribution in [-0.4, -0.2) is 30.0 Å². The predicted octanol–water partition coefficient (Wildman–Crippen LogP) is 4.46. The van der Waals surface area contributed by atoms with Gasteiger partial charge in [0, 0.05) is 0 Å². The number of hydrogen-bond donors (Lipinski definition) is 1. The SMILES string of the molecule is Nc1c([S+]([O-])C(F)(F)F)c(-c2ncon2)nn1-c1c(Cl)cc(C(F)(F)F)cc1Cl. The van der Waals surface area contributed by atoms with Gasteiger partial charge in [0.2, 0.25) is 17.1 Å². The van der Waals surface area contributed by atoms with E-state index in [0.29, 0.717) is 16.8 Å². The zero-order valence-electron chi connectivity index (χ0n) is 13.3. The molecule has 0 bridgehead atoms. The number of alkyl halides is 6. The molecule has 7 nitrogen and oxygen atoms in total. The highest BCUT2D eigenvalue weighted by molar-refractivity contribution is 7.92. The Morgan fingerprint density at radius 3 is 2.14 bits per heavy atom. The zero-order chi connectivity index (χ0) is 21.7. The van der Waals surface area contributed by atoms with Crippen LogP contribution in [-0.2, 0) is 17.4 Å². The molecule has 16 heteroatoms. The van der Waals surface area contributed by atoms with Crippen LogP contribution in [0, 0.1) is 0 Å². The monoisotopic (exact) mass is 479 g/mol. The van der Waals surface area contributed by atoms with Crippen molar-refractivity contribution < 1.29 is 35.4 Å². The van der Waals surface area contributed by atoms with Gasteiger partial charge in [0.05, 0.1) is 15.6 Å². The van der Waals surface area contributed by atoms with Gasteiger partial charge in [0.25, 0.3) is 0 Å². The first-order chi connectivity index (χ1) is 13.3. The first kappa shape index (κ1) is 21.5. The summed E-state index contributed by atoms with van der Waals surface area (Å²) >= 11 is 8.02. The second-order valence-electron chi connectivity index (χ2n) is 5.23. The van der Waals surface area contributed by atoms with Crippen LogP contribution in [0.2, 0.25) is 10.0 Å².